The second-order valence-electron chi connectivity index (χ2n) is 4.73. The zero-order chi connectivity index (χ0) is 14.3. The van der Waals surface area contributed by atoms with E-state index in [-0.39, 0.29) is 17.9 Å². The lowest BCUT2D eigenvalue weighted by atomic mass is 9.95. The maximum Gasteiger partial charge on any atom is 0.325 e. The summed E-state index contributed by atoms with van der Waals surface area (Å²) in [6.45, 7) is 3.53. The van der Waals surface area contributed by atoms with Gasteiger partial charge < -0.3 is 5.11 Å². The van der Waals surface area contributed by atoms with Crippen molar-refractivity contribution in [1.82, 2.24) is 14.5 Å². The lowest BCUT2D eigenvalue weighted by Gasteiger charge is -2.32. The molecular formula is C11H17N3O4S. The number of rotatable bonds is 4. The highest BCUT2D eigenvalue weighted by molar-refractivity contribution is 7.89. The Labute approximate surface area is 111 Å². The number of H-pyrrole nitrogens is 1. The van der Waals surface area contributed by atoms with Crippen LogP contribution in [0.25, 0.3) is 0 Å². The van der Waals surface area contributed by atoms with Crippen LogP contribution in [0.15, 0.2) is 11.1 Å². The van der Waals surface area contributed by atoms with Gasteiger partial charge in [-0.05, 0) is 26.2 Å². The average Bonchev–Trinajstić information content (AvgIpc) is 2.95. The summed E-state index contributed by atoms with van der Waals surface area (Å²) in [5, 5.41) is 15.7. The number of aromatic nitrogens is 2. The van der Waals surface area contributed by atoms with Gasteiger partial charge in [-0.3, -0.25) is 9.89 Å². The van der Waals surface area contributed by atoms with Crippen LogP contribution in [0.2, 0.25) is 0 Å². The molecule has 0 spiro atoms. The number of hydrogen-bond acceptors (Lipinski definition) is 4. The van der Waals surface area contributed by atoms with Gasteiger partial charge in [0.05, 0.1) is 11.9 Å². The van der Waals surface area contributed by atoms with Gasteiger partial charge in [0.15, 0.2) is 0 Å². The van der Waals surface area contributed by atoms with Crippen LogP contribution < -0.4 is 0 Å². The van der Waals surface area contributed by atoms with E-state index in [2.05, 4.69) is 10.2 Å². The van der Waals surface area contributed by atoms with Gasteiger partial charge in [-0.25, -0.2) is 8.42 Å². The van der Waals surface area contributed by atoms with E-state index in [4.69, 9.17) is 0 Å². The van der Waals surface area contributed by atoms with Crippen LogP contribution in [0.4, 0.5) is 0 Å². The third-order valence-corrected chi connectivity index (χ3v) is 5.84. The smallest absolute Gasteiger partial charge is 0.325 e. The number of aromatic amines is 1. The van der Waals surface area contributed by atoms with Crippen LogP contribution >= 0.6 is 0 Å². The number of aliphatic carboxylic acids is 1. The molecule has 0 aromatic carbocycles. The zero-order valence-electron chi connectivity index (χ0n) is 10.9. The van der Waals surface area contributed by atoms with E-state index in [0.29, 0.717) is 18.5 Å². The van der Waals surface area contributed by atoms with Crippen molar-refractivity contribution < 1.29 is 18.3 Å². The SMILES string of the molecule is CCC1(C(=O)O)CCCN1S(=O)(=O)c1cn[nH]c1C. The molecule has 2 rings (SSSR count). The molecule has 0 aliphatic carbocycles. The molecule has 19 heavy (non-hydrogen) atoms. The van der Waals surface area contributed by atoms with Crippen LogP contribution in [0.1, 0.15) is 31.9 Å². The molecule has 7 nitrogen and oxygen atoms in total. The summed E-state index contributed by atoms with van der Waals surface area (Å²) in [5.41, 5.74) is -0.912. The highest BCUT2D eigenvalue weighted by atomic mass is 32.2. The first kappa shape index (κ1) is 14.0. The van der Waals surface area contributed by atoms with Gasteiger partial charge in [-0.2, -0.15) is 9.40 Å². The zero-order valence-corrected chi connectivity index (χ0v) is 11.7. The molecule has 2 heterocycles. The molecule has 1 saturated heterocycles. The first-order valence-corrected chi connectivity index (χ1v) is 7.56. The topological polar surface area (TPSA) is 103 Å². The molecule has 0 amide bonds. The molecule has 2 N–H and O–H groups in total. The molecule has 1 atom stereocenters. The fraction of sp³-hybridized carbons (Fsp3) is 0.636. The van der Waals surface area contributed by atoms with Gasteiger partial charge in [0.25, 0.3) is 0 Å². The van der Waals surface area contributed by atoms with Crippen LogP contribution in [0.5, 0.6) is 0 Å². The van der Waals surface area contributed by atoms with Gasteiger partial charge in [-0.15, -0.1) is 0 Å². The molecule has 0 bridgehead atoms. The number of sulfonamides is 1. The Bertz CT molecular complexity index is 595. The standard InChI is InChI=1S/C11H17N3O4S/c1-3-11(10(15)16)5-4-6-14(11)19(17,18)9-7-12-13-8(9)2/h7H,3-6H2,1-2H3,(H,12,13)(H,15,16). The summed E-state index contributed by atoms with van der Waals surface area (Å²) in [6, 6.07) is 0. The van der Waals surface area contributed by atoms with E-state index in [9.17, 15) is 18.3 Å². The van der Waals surface area contributed by atoms with Gasteiger partial charge in [0, 0.05) is 6.54 Å². The minimum atomic E-state index is -3.83. The Morgan fingerprint density at radius 1 is 1.63 bits per heavy atom. The maximum atomic E-state index is 12.6. The molecule has 1 unspecified atom stereocenters. The summed E-state index contributed by atoms with van der Waals surface area (Å²) >= 11 is 0. The number of nitrogens with one attached hydrogen (secondary N) is 1. The van der Waals surface area contributed by atoms with Crippen molar-refractivity contribution in [2.45, 2.75) is 43.5 Å². The second kappa shape index (κ2) is 4.61. The van der Waals surface area contributed by atoms with E-state index in [0.717, 1.165) is 4.31 Å². The number of nitrogens with zero attached hydrogens (tertiary/aromatic N) is 2. The average molecular weight is 287 g/mol. The number of carboxylic acid groups (broad SMARTS) is 1. The summed E-state index contributed by atoms with van der Waals surface area (Å²) in [7, 11) is -3.83. The van der Waals surface area contributed by atoms with Gasteiger partial charge in [0.2, 0.25) is 10.0 Å². The van der Waals surface area contributed by atoms with Crippen molar-refractivity contribution in [3.05, 3.63) is 11.9 Å². The minimum Gasteiger partial charge on any atom is -0.480 e. The third kappa shape index (κ3) is 1.95. The van der Waals surface area contributed by atoms with E-state index in [1.165, 1.54) is 6.20 Å². The molecule has 0 radical (unpaired) electrons. The summed E-state index contributed by atoms with van der Waals surface area (Å²) in [4.78, 5) is 11.6. The van der Waals surface area contributed by atoms with Crippen LogP contribution in [-0.2, 0) is 14.8 Å². The number of hydrogen-bond donors (Lipinski definition) is 2. The molecule has 1 aromatic rings. The van der Waals surface area contributed by atoms with E-state index in [1.807, 2.05) is 0 Å². The molecule has 8 heteroatoms. The Hall–Kier alpha value is -1.41. The normalized spacial score (nSPS) is 24.7. The van der Waals surface area contributed by atoms with Crippen molar-refractivity contribution in [2.75, 3.05) is 6.54 Å². The third-order valence-electron chi connectivity index (χ3n) is 3.76. The molecule has 1 aromatic heterocycles. The molecule has 1 aliphatic rings. The van der Waals surface area contributed by atoms with Crippen LogP contribution in [0.3, 0.4) is 0 Å². The first-order valence-electron chi connectivity index (χ1n) is 6.12. The second-order valence-corrected chi connectivity index (χ2v) is 6.56. The Morgan fingerprint density at radius 2 is 2.32 bits per heavy atom. The van der Waals surface area contributed by atoms with Crippen molar-refractivity contribution in [3.8, 4) is 0 Å². The Kier molecular flexibility index (Phi) is 3.40. The fourth-order valence-corrected chi connectivity index (χ4v) is 4.62. The first-order chi connectivity index (χ1) is 8.86. The number of aryl methyl sites for hydroxylation is 1. The number of carboxylic acids is 1. The van der Waals surface area contributed by atoms with Crippen molar-refractivity contribution >= 4 is 16.0 Å². The molecule has 106 valence electrons. The molecule has 1 aliphatic heterocycles. The Morgan fingerprint density at radius 3 is 2.79 bits per heavy atom. The fourth-order valence-electron chi connectivity index (χ4n) is 2.64. The highest BCUT2D eigenvalue weighted by Gasteiger charge is 2.52. The maximum absolute atomic E-state index is 12.6. The predicted octanol–water partition coefficient (Wildman–Crippen LogP) is 0.736. The predicted molar refractivity (Wildman–Crippen MR) is 67.1 cm³/mol. The van der Waals surface area contributed by atoms with E-state index < -0.39 is 21.5 Å². The van der Waals surface area contributed by atoms with Crippen molar-refractivity contribution in [1.29, 1.82) is 0 Å². The summed E-state index contributed by atoms with van der Waals surface area (Å²) in [6.07, 6.45) is 2.37. The van der Waals surface area contributed by atoms with Gasteiger partial charge in [0.1, 0.15) is 10.4 Å². The Balaban J connectivity index is 2.52. The van der Waals surface area contributed by atoms with Gasteiger partial charge >= 0.3 is 5.97 Å². The molecule has 1 fully saturated rings. The lowest BCUT2D eigenvalue weighted by molar-refractivity contribution is -0.147. The number of carbonyl (C=O) groups is 1. The molecular weight excluding hydrogens is 270 g/mol. The van der Waals surface area contributed by atoms with Gasteiger partial charge in [-0.1, -0.05) is 6.92 Å². The summed E-state index contributed by atoms with van der Waals surface area (Å²) < 4.78 is 26.3. The summed E-state index contributed by atoms with van der Waals surface area (Å²) in [5.74, 6) is -1.09. The molecule has 0 saturated carbocycles. The largest absolute Gasteiger partial charge is 0.480 e. The van der Waals surface area contributed by atoms with E-state index >= 15 is 0 Å². The quantitative estimate of drug-likeness (QED) is 0.850. The van der Waals surface area contributed by atoms with Crippen molar-refractivity contribution in [3.63, 3.8) is 0 Å². The van der Waals surface area contributed by atoms with Crippen LogP contribution in [-0.4, -0.2) is 46.1 Å². The monoisotopic (exact) mass is 287 g/mol. The lowest BCUT2D eigenvalue weighted by Crippen LogP contribution is -2.52. The highest BCUT2D eigenvalue weighted by Crippen LogP contribution is 2.37. The van der Waals surface area contributed by atoms with E-state index in [1.54, 1.807) is 13.8 Å². The minimum absolute atomic E-state index is 0.0495. The van der Waals surface area contributed by atoms with Crippen molar-refractivity contribution in [2.24, 2.45) is 0 Å². The van der Waals surface area contributed by atoms with Crippen LogP contribution in [0, 0.1) is 6.92 Å².